The van der Waals surface area contributed by atoms with Gasteiger partial charge in [0.2, 0.25) is 15.9 Å². The number of piperidine rings is 1. The van der Waals surface area contributed by atoms with Gasteiger partial charge in [-0.05, 0) is 62.9 Å². The van der Waals surface area contributed by atoms with Crippen LogP contribution in [0.4, 0.5) is 10.1 Å². The summed E-state index contributed by atoms with van der Waals surface area (Å²) in [5.74, 6) is 0.865. The Balaban J connectivity index is 1.47. The highest BCUT2D eigenvalue weighted by molar-refractivity contribution is 7.88. The van der Waals surface area contributed by atoms with E-state index in [0.717, 1.165) is 27.9 Å². The van der Waals surface area contributed by atoms with Crippen LogP contribution in [0.25, 0.3) is 22.2 Å². The summed E-state index contributed by atoms with van der Waals surface area (Å²) in [5.41, 5.74) is 4.71. The van der Waals surface area contributed by atoms with E-state index in [1.54, 1.807) is 11.0 Å². The van der Waals surface area contributed by atoms with Crippen LogP contribution in [0.1, 0.15) is 55.0 Å². The number of aromatic nitrogens is 3. The lowest BCUT2D eigenvalue weighted by Gasteiger charge is -2.34. The van der Waals surface area contributed by atoms with Crippen molar-refractivity contribution in [3.05, 3.63) is 59.5 Å². The van der Waals surface area contributed by atoms with Crippen LogP contribution in [-0.2, 0) is 14.8 Å². The van der Waals surface area contributed by atoms with E-state index < -0.39 is 21.9 Å². The lowest BCUT2D eigenvalue weighted by atomic mass is 10.0. The molecule has 2 aliphatic rings. The number of nitrogens with zero attached hydrogens (tertiary/aromatic N) is 5. The average molecular weight is 582 g/mol. The minimum Gasteiger partial charge on any atom is -0.494 e. The van der Waals surface area contributed by atoms with Crippen LogP contribution in [0.5, 0.6) is 5.75 Å². The fourth-order valence-electron chi connectivity index (χ4n) is 6.28. The van der Waals surface area contributed by atoms with Crippen LogP contribution in [0, 0.1) is 19.7 Å². The third-order valence-corrected chi connectivity index (χ3v) is 9.52. The topological polar surface area (TPSA) is 111 Å². The summed E-state index contributed by atoms with van der Waals surface area (Å²) in [7, 11) is -1.89. The zero-order valence-corrected chi connectivity index (χ0v) is 24.2. The number of imidazole rings is 1. The van der Waals surface area contributed by atoms with Gasteiger partial charge in [-0.2, -0.15) is 0 Å². The van der Waals surface area contributed by atoms with E-state index in [1.165, 1.54) is 29.8 Å². The molecule has 12 heteroatoms. The maximum atomic E-state index is 14.7. The van der Waals surface area contributed by atoms with Crippen LogP contribution < -0.4 is 9.64 Å². The summed E-state index contributed by atoms with van der Waals surface area (Å²) in [6.07, 6.45) is 3.27. The number of hydrogen-bond acceptors (Lipinski definition) is 7. The molecule has 6 rings (SSSR count). The van der Waals surface area contributed by atoms with Crippen molar-refractivity contribution < 1.29 is 26.9 Å². The molecule has 0 bridgehead atoms. The highest BCUT2D eigenvalue weighted by atomic mass is 32.2. The number of methoxy groups -OCH3 is 1. The lowest BCUT2D eigenvalue weighted by Crippen LogP contribution is -2.39. The third kappa shape index (κ3) is 4.78. The zero-order valence-electron chi connectivity index (χ0n) is 23.4. The Bertz CT molecular complexity index is 1740. The predicted octanol–water partition coefficient (Wildman–Crippen LogP) is 4.92. The quantitative estimate of drug-likeness (QED) is 0.318. The summed E-state index contributed by atoms with van der Waals surface area (Å²) in [6, 6.07) is 10.1. The first-order chi connectivity index (χ1) is 19.6. The highest BCUT2D eigenvalue weighted by Gasteiger charge is 2.39. The number of carbonyl (C=O) groups is 1. The van der Waals surface area contributed by atoms with Crippen LogP contribution >= 0.6 is 0 Å². The number of carbonyl (C=O) groups excluding carboxylic acids is 1. The molecule has 1 unspecified atom stereocenters. The van der Waals surface area contributed by atoms with Crippen molar-refractivity contribution in [2.75, 3.05) is 31.4 Å². The maximum absolute atomic E-state index is 14.7. The number of aryl methyl sites for hydroxylation is 2. The summed E-state index contributed by atoms with van der Waals surface area (Å²) in [4.78, 5) is 19.9. The number of anilines is 1. The average Bonchev–Trinajstić information content (AvgIpc) is 3.61. The van der Waals surface area contributed by atoms with Gasteiger partial charge < -0.3 is 18.7 Å². The summed E-state index contributed by atoms with van der Waals surface area (Å²) < 4.78 is 53.3. The van der Waals surface area contributed by atoms with E-state index in [4.69, 9.17) is 14.2 Å². The van der Waals surface area contributed by atoms with Gasteiger partial charge in [0, 0.05) is 42.9 Å². The number of amides is 1. The molecular formula is C29H32FN5O5S. The van der Waals surface area contributed by atoms with Crippen molar-refractivity contribution in [3.8, 4) is 16.9 Å². The number of benzene rings is 2. The fourth-order valence-corrected chi connectivity index (χ4v) is 7.15. The second-order valence-electron chi connectivity index (χ2n) is 10.8. The molecule has 0 saturated carbocycles. The molecule has 1 amide bonds. The smallest absolute Gasteiger partial charge is 0.227 e. The molecule has 216 valence electrons. The number of fused-ring (bicyclic) bond motifs is 1. The van der Waals surface area contributed by atoms with Crippen LogP contribution in [0.2, 0.25) is 0 Å². The highest BCUT2D eigenvalue weighted by Crippen LogP contribution is 2.42. The molecule has 2 fully saturated rings. The minimum atomic E-state index is -3.29. The second-order valence-corrected chi connectivity index (χ2v) is 12.8. The Morgan fingerprint density at radius 2 is 1.83 bits per heavy atom. The summed E-state index contributed by atoms with van der Waals surface area (Å²) >= 11 is 0. The SMILES string of the molecule is COc1ccc(N2C(=O)CCC2c2nc3cc(-c4c(C)noc4C)ccc3n2C2CCN(S(C)(=O)=O)CC2)cc1F. The van der Waals surface area contributed by atoms with Gasteiger partial charge in [-0.3, -0.25) is 4.79 Å². The predicted molar refractivity (Wildman–Crippen MR) is 152 cm³/mol. The Hall–Kier alpha value is -3.77. The molecule has 10 nitrogen and oxygen atoms in total. The van der Waals surface area contributed by atoms with Crippen LogP contribution in [0.15, 0.2) is 40.9 Å². The molecule has 4 heterocycles. The van der Waals surface area contributed by atoms with Crippen molar-refractivity contribution in [3.63, 3.8) is 0 Å². The molecule has 0 radical (unpaired) electrons. The molecule has 41 heavy (non-hydrogen) atoms. The molecule has 1 atom stereocenters. The van der Waals surface area contributed by atoms with Gasteiger partial charge >= 0.3 is 0 Å². The van der Waals surface area contributed by atoms with Crippen molar-refractivity contribution in [2.24, 2.45) is 0 Å². The Morgan fingerprint density at radius 3 is 2.46 bits per heavy atom. The molecule has 2 aromatic carbocycles. The van der Waals surface area contributed by atoms with Crippen molar-refractivity contribution in [1.82, 2.24) is 19.0 Å². The van der Waals surface area contributed by atoms with Gasteiger partial charge in [0.25, 0.3) is 0 Å². The van der Waals surface area contributed by atoms with Gasteiger partial charge in [0.15, 0.2) is 11.6 Å². The van der Waals surface area contributed by atoms with Crippen molar-refractivity contribution in [1.29, 1.82) is 0 Å². The fraction of sp³-hybridized carbons (Fsp3) is 0.414. The second kappa shape index (κ2) is 10.3. The lowest BCUT2D eigenvalue weighted by molar-refractivity contribution is -0.117. The molecule has 0 N–H and O–H groups in total. The minimum absolute atomic E-state index is 0.0249. The van der Waals surface area contributed by atoms with Gasteiger partial charge in [0.05, 0.1) is 36.1 Å². The van der Waals surface area contributed by atoms with Crippen LogP contribution in [0.3, 0.4) is 0 Å². The van der Waals surface area contributed by atoms with E-state index in [-0.39, 0.29) is 17.7 Å². The molecule has 2 aromatic heterocycles. The van der Waals surface area contributed by atoms with E-state index in [9.17, 15) is 17.6 Å². The first kappa shape index (κ1) is 27.4. The van der Waals surface area contributed by atoms with Crippen LogP contribution in [-0.4, -0.2) is 59.8 Å². The van der Waals surface area contributed by atoms with Gasteiger partial charge in [-0.15, -0.1) is 0 Å². The maximum Gasteiger partial charge on any atom is 0.227 e. The first-order valence-corrected chi connectivity index (χ1v) is 15.5. The third-order valence-electron chi connectivity index (χ3n) is 8.22. The van der Waals surface area contributed by atoms with E-state index in [2.05, 4.69) is 9.72 Å². The molecule has 0 aliphatic carbocycles. The number of hydrogen-bond donors (Lipinski definition) is 0. The standard InChI is InChI=1S/C29H32FN5O5S/c1-17-28(18(2)40-32-17)19-5-7-24-23(15-19)31-29(35(24)20-11-13-33(14-12-20)41(4,37)38)25-8-10-27(36)34(25)21-6-9-26(39-3)22(30)16-21/h5-7,9,15-16,20,25H,8,10-14H2,1-4H3. The number of halogens is 1. The molecule has 2 aliphatic heterocycles. The Morgan fingerprint density at radius 1 is 1.07 bits per heavy atom. The van der Waals surface area contributed by atoms with E-state index >= 15 is 0 Å². The van der Waals surface area contributed by atoms with E-state index in [1.807, 2.05) is 32.0 Å². The number of ether oxygens (including phenoxy) is 1. The number of sulfonamides is 1. The normalized spacial score (nSPS) is 19.0. The van der Waals surface area contributed by atoms with Crippen molar-refractivity contribution in [2.45, 2.75) is 51.6 Å². The molecule has 4 aromatic rings. The monoisotopic (exact) mass is 581 g/mol. The van der Waals surface area contributed by atoms with Gasteiger partial charge in [-0.1, -0.05) is 11.2 Å². The zero-order chi connectivity index (χ0) is 29.1. The largest absolute Gasteiger partial charge is 0.494 e. The number of rotatable bonds is 6. The Kier molecular flexibility index (Phi) is 6.85. The molecular weight excluding hydrogens is 549 g/mol. The Labute approximate surface area is 237 Å². The summed E-state index contributed by atoms with van der Waals surface area (Å²) in [5, 5.41) is 4.09. The van der Waals surface area contributed by atoms with Crippen molar-refractivity contribution >= 4 is 32.7 Å². The molecule has 2 saturated heterocycles. The first-order valence-electron chi connectivity index (χ1n) is 13.6. The molecule has 0 spiro atoms. The summed E-state index contributed by atoms with van der Waals surface area (Å²) in [6.45, 7) is 4.56. The van der Waals surface area contributed by atoms with Gasteiger partial charge in [0.1, 0.15) is 11.6 Å². The van der Waals surface area contributed by atoms with E-state index in [0.29, 0.717) is 56.0 Å². The van der Waals surface area contributed by atoms with Gasteiger partial charge in [-0.25, -0.2) is 22.1 Å².